The highest BCUT2D eigenvalue weighted by Gasteiger charge is 1.86. The first-order valence-corrected chi connectivity index (χ1v) is 3.52. The summed E-state index contributed by atoms with van der Waals surface area (Å²) in [6, 6.07) is 0. The molecule has 0 amide bonds. The topological polar surface area (TPSA) is 0 Å². The van der Waals surface area contributed by atoms with E-state index in [0.717, 1.165) is 6.42 Å². The Morgan fingerprint density at radius 2 is 1.78 bits per heavy atom. The molecule has 0 aliphatic heterocycles. The zero-order chi connectivity index (χ0) is 7.28. The van der Waals surface area contributed by atoms with E-state index in [1.165, 1.54) is 11.1 Å². The van der Waals surface area contributed by atoms with Crippen LogP contribution in [0.2, 0.25) is 0 Å². The summed E-state index contributed by atoms with van der Waals surface area (Å²) in [5.41, 5.74) is 2.79. The molecule has 0 saturated carbocycles. The summed E-state index contributed by atoms with van der Waals surface area (Å²) in [5.74, 6) is 0. The fourth-order valence-corrected chi connectivity index (χ4v) is 0.695. The Morgan fingerprint density at radius 3 is 2.11 bits per heavy atom. The standard InChI is InChI=1S/C9H16/c1-5-7-9(4)8(3)6-2/h6-7H,5H2,1-4H3. The van der Waals surface area contributed by atoms with E-state index in [-0.39, 0.29) is 0 Å². The smallest absolute Gasteiger partial charge is 0.0374 e. The van der Waals surface area contributed by atoms with Crippen LogP contribution in [0.1, 0.15) is 34.1 Å². The number of allylic oxidation sites excluding steroid dienone is 4. The maximum Gasteiger partial charge on any atom is -0.0374 e. The quantitative estimate of drug-likeness (QED) is 0.495. The van der Waals surface area contributed by atoms with Crippen LogP contribution in [-0.4, -0.2) is 0 Å². The summed E-state index contributed by atoms with van der Waals surface area (Å²) < 4.78 is 0. The molecular weight excluding hydrogens is 108 g/mol. The minimum Gasteiger partial charge on any atom is -0.0845 e. The summed E-state index contributed by atoms with van der Waals surface area (Å²) in [5, 5.41) is 0. The molecule has 0 radical (unpaired) electrons. The molecule has 0 unspecified atom stereocenters. The zero-order valence-corrected chi connectivity index (χ0v) is 6.86. The summed E-state index contributed by atoms with van der Waals surface area (Å²) in [6.45, 7) is 8.52. The SMILES string of the molecule is CC=C(C)C(C)=CCC. The fraction of sp³-hybridized carbons (Fsp3) is 0.556. The normalized spacial score (nSPS) is 14.2. The van der Waals surface area contributed by atoms with Gasteiger partial charge in [-0.1, -0.05) is 30.2 Å². The first-order chi connectivity index (χ1) is 4.22. The van der Waals surface area contributed by atoms with E-state index >= 15 is 0 Å². The molecule has 0 saturated heterocycles. The molecule has 0 aromatic carbocycles. The van der Waals surface area contributed by atoms with E-state index in [0.29, 0.717) is 0 Å². The van der Waals surface area contributed by atoms with E-state index in [1.807, 2.05) is 0 Å². The third-order valence-corrected chi connectivity index (χ3v) is 1.57. The van der Waals surface area contributed by atoms with E-state index in [4.69, 9.17) is 0 Å². The highest BCUT2D eigenvalue weighted by atomic mass is 13.9. The van der Waals surface area contributed by atoms with Crippen molar-refractivity contribution in [3.8, 4) is 0 Å². The number of hydrogen-bond donors (Lipinski definition) is 0. The summed E-state index contributed by atoms with van der Waals surface area (Å²) >= 11 is 0. The van der Waals surface area contributed by atoms with Gasteiger partial charge in [0.05, 0.1) is 0 Å². The van der Waals surface area contributed by atoms with Gasteiger partial charge < -0.3 is 0 Å². The summed E-state index contributed by atoms with van der Waals surface area (Å²) in [6.07, 6.45) is 5.52. The lowest BCUT2D eigenvalue weighted by Crippen LogP contribution is -1.76. The van der Waals surface area contributed by atoms with Crippen LogP contribution in [0.15, 0.2) is 23.3 Å². The van der Waals surface area contributed by atoms with Crippen molar-refractivity contribution in [1.82, 2.24) is 0 Å². The van der Waals surface area contributed by atoms with E-state index in [9.17, 15) is 0 Å². The average molecular weight is 124 g/mol. The molecule has 0 aromatic heterocycles. The first-order valence-electron chi connectivity index (χ1n) is 3.52. The van der Waals surface area contributed by atoms with Gasteiger partial charge in [-0.3, -0.25) is 0 Å². The van der Waals surface area contributed by atoms with Gasteiger partial charge in [0, 0.05) is 0 Å². The largest absolute Gasteiger partial charge is 0.0845 e. The maximum atomic E-state index is 2.25. The van der Waals surface area contributed by atoms with Crippen LogP contribution < -0.4 is 0 Å². The minimum atomic E-state index is 1.14. The van der Waals surface area contributed by atoms with Crippen molar-refractivity contribution in [3.05, 3.63) is 23.3 Å². The Labute approximate surface area is 58.3 Å². The molecule has 0 atom stereocenters. The lowest BCUT2D eigenvalue weighted by atomic mass is 10.1. The molecule has 0 rings (SSSR count). The van der Waals surface area contributed by atoms with Gasteiger partial charge in [-0.05, 0) is 27.2 Å². The van der Waals surface area contributed by atoms with Gasteiger partial charge in [0.15, 0.2) is 0 Å². The van der Waals surface area contributed by atoms with Crippen molar-refractivity contribution in [2.24, 2.45) is 0 Å². The maximum absolute atomic E-state index is 2.25. The molecule has 52 valence electrons. The molecule has 0 heterocycles. The Morgan fingerprint density at radius 1 is 1.22 bits per heavy atom. The molecule has 0 bridgehead atoms. The molecular formula is C9H16. The fourth-order valence-electron chi connectivity index (χ4n) is 0.695. The van der Waals surface area contributed by atoms with Crippen LogP contribution in [0.5, 0.6) is 0 Å². The van der Waals surface area contributed by atoms with E-state index < -0.39 is 0 Å². The highest BCUT2D eigenvalue weighted by Crippen LogP contribution is 2.07. The van der Waals surface area contributed by atoms with Crippen LogP contribution in [-0.2, 0) is 0 Å². The van der Waals surface area contributed by atoms with Gasteiger partial charge in [0.1, 0.15) is 0 Å². The van der Waals surface area contributed by atoms with Crippen molar-refractivity contribution in [3.63, 3.8) is 0 Å². The Balaban J connectivity index is 4.03. The van der Waals surface area contributed by atoms with E-state index in [1.54, 1.807) is 0 Å². The second-order valence-electron chi connectivity index (χ2n) is 2.27. The summed E-state index contributed by atoms with van der Waals surface area (Å²) in [7, 11) is 0. The van der Waals surface area contributed by atoms with Crippen molar-refractivity contribution >= 4 is 0 Å². The molecule has 9 heavy (non-hydrogen) atoms. The second-order valence-corrected chi connectivity index (χ2v) is 2.27. The Hall–Kier alpha value is -0.520. The summed E-state index contributed by atoms with van der Waals surface area (Å²) in [4.78, 5) is 0. The molecule has 0 aromatic rings. The minimum absolute atomic E-state index is 1.14. The van der Waals surface area contributed by atoms with Gasteiger partial charge >= 0.3 is 0 Å². The Bertz CT molecular complexity index is 127. The molecule has 0 nitrogen and oxygen atoms in total. The zero-order valence-electron chi connectivity index (χ0n) is 6.86. The van der Waals surface area contributed by atoms with Gasteiger partial charge in [0.2, 0.25) is 0 Å². The van der Waals surface area contributed by atoms with Crippen molar-refractivity contribution in [2.45, 2.75) is 34.1 Å². The van der Waals surface area contributed by atoms with Gasteiger partial charge in [0.25, 0.3) is 0 Å². The van der Waals surface area contributed by atoms with Gasteiger partial charge in [-0.2, -0.15) is 0 Å². The monoisotopic (exact) mass is 124 g/mol. The van der Waals surface area contributed by atoms with Crippen LogP contribution in [0.4, 0.5) is 0 Å². The molecule has 0 aliphatic rings. The third-order valence-electron chi connectivity index (χ3n) is 1.57. The molecule has 0 N–H and O–H groups in total. The Kier molecular flexibility index (Phi) is 4.12. The van der Waals surface area contributed by atoms with Gasteiger partial charge in [-0.25, -0.2) is 0 Å². The van der Waals surface area contributed by atoms with Crippen molar-refractivity contribution < 1.29 is 0 Å². The van der Waals surface area contributed by atoms with Crippen molar-refractivity contribution in [1.29, 1.82) is 0 Å². The van der Waals surface area contributed by atoms with Crippen LogP contribution in [0.25, 0.3) is 0 Å². The van der Waals surface area contributed by atoms with Crippen LogP contribution in [0.3, 0.4) is 0 Å². The second kappa shape index (κ2) is 4.37. The molecule has 0 heteroatoms. The molecule has 0 fully saturated rings. The van der Waals surface area contributed by atoms with E-state index in [2.05, 4.69) is 39.8 Å². The predicted molar refractivity (Wildman–Crippen MR) is 43.5 cm³/mol. The molecule has 0 spiro atoms. The highest BCUT2D eigenvalue weighted by molar-refractivity contribution is 5.25. The number of hydrogen-bond acceptors (Lipinski definition) is 0. The lowest BCUT2D eigenvalue weighted by Gasteiger charge is -1.97. The lowest BCUT2D eigenvalue weighted by molar-refractivity contribution is 1.17. The predicted octanol–water partition coefficient (Wildman–Crippen LogP) is 3.31. The van der Waals surface area contributed by atoms with Crippen LogP contribution >= 0.6 is 0 Å². The van der Waals surface area contributed by atoms with Crippen LogP contribution in [0, 0.1) is 0 Å². The first kappa shape index (κ1) is 8.48. The van der Waals surface area contributed by atoms with Crippen molar-refractivity contribution in [2.75, 3.05) is 0 Å². The third kappa shape index (κ3) is 3.12. The molecule has 0 aliphatic carbocycles. The average Bonchev–Trinajstić information content (AvgIpc) is 1.87. The van der Waals surface area contributed by atoms with Gasteiger partial charge in [-0.15, -0.1) is 0 Å². The number of rotatable bonds is 2.